The van der Waals surface area contributed by atoms with Crippen molar-refractivity contribution in [2.45, 2.75) is 13.1 Å². The zero-order valence-corrected chi connectivity index (χ0v) is 14.3. The van der Waals surface area contributed by atoms with E-state index in [0.29, 0.717) is 16.6 Å². The fourth-order valence-corrected chi connectivity index (χ4v) is 2.36. The lowest BCUT2D eigenvalue weighted by atomic mass is 10.1. The topological polar surface area (TPSA) is 58.2 Å². The van der Waals surface area contributed by atoms with Crippen molar-refractivity contribution in [1.29, 1.82) is 0 Å². The Kier molecular flexibility index (Phi) is 5.46. The van der Waals surface area contributed by atoms with Crippen LogP contribution in [0.3, 0.4) is 0 Å². The molecule has 0 saturated carbocycles. The van der Waals surface area contributed by atoms with Crippen molar-refractivity contribution >= 4 is 39.1 Å². The van der Waals surface area contributed by atoms with Crippen LogP contribution in [0.5, 0.6) is 0 Å². The molecule has 0 aliphatic rings. The molecule has 0 saturated heterocycles. The summed E-state index contributed by atoms with van der Waals surface area (Å²) < 4.78 is 52.1. The van der Waals surface area contributed by atoms with E-state index in [2.05, 4.69) is 26.6 Å². The van der Waals surface area contributed by atoms with Crippen LogP contribution in [0.1, 0.15) is 22.8 Å². The van der Waals surface area contributed by atoms with E-state index in [1.54, 1.807) is 6.07 Å². The summed E-state index contributed by atoms with van der Waals surface area (Å²) in [6.45, 7) is 1.27. The normalized spacial score (nSPS) is 11.1. The monoisotopic (exact) mass is 418 g/mol. The number of carbonyl (C=O) groups is 2. The van der Waals surface area contributed by atoms with Crippen LogP contribution in [-0.2, 0) is 11.0 Å². The Bertz CT molecular complexity index is 837. The SMILES string of the molecule is CC(=O)Nc1ccc(Br)cc1NC(=O)c1ccc(F)c(C(F)(F)F)c1. The maximum Gasteiger partial charge on any atom is 0.419 e. The highest BCUT2D eigenvalue weighted by atomic mass is 79.9. The quantitative estimate of drug-likeness (QED) is 0.702. The van der Waals surface area contributed by atoms with Crippen LogP contribution in [-0.4, -0.2) is 11.8 Å². The molecular formula is C16H11BrF4N2O2. The molecule has 0 bridgehead atoms. The van der Waals surface area contributed by atoms with Crippen molar-refractivity contribution in [2.75, 3.05) is 10.6 Å². The van der Waals surface area contributed by atoms with E-state index in [-0.39, 0.29) is 22.8 Å². The first kappa shape index (κ1) is 18.9. The van der Waals surface area contributed by atoms with Gasteiger partial charge < -0.3 is 10.6 Å². The Labute approximate surface area is 148 Å². The van der Waals surface area contributed by atoms with E-state index in [0.717, 1.165) is 6.07 Å². The summed E-state index contributed by atoms with van der Waals surface area (Å²) in [4.78, 5) is 23.4. The second-order valence-electron chi connectivity index (χ2n) is 5.02. The van der Waals surface area contributed by atoms with Gasteiger partial charge in [-0.2, -0.15) is 13.2 Å². The van der Waals surface area contributed by atoms with Gasteiger partial charge in [-0.3, -0.25) is 9.59 Å². The molecule has 2 rings (SSSR count). The molecule has 0 spiro atoms. The van der Waals surface area contributed by atoms with Gasteiger partial charge in [-0.25, -0.2) is 4.39 Å². The van der Waals surface area contributed by atoms with E-state index >= 15 is 0 Å². The first-order valence-corrected chi connectivity index (χ1v) is 7.62. The smallest absolute Gasteiger partial charge is 0.325 e. The number of anilines is 2. The Balaban J connectivity index is 2.35. The number of hydrogen-bond acceptors (Lipinski definition) is 2. The number of hydrogen-bond donors (Lipinski definition) is 2. The van der Waals surface area contributed by atoms with Gasteiger partial charge in [-0.15, -0.1) is 0 Å². The van der Waals surface area contributed by atoms with Gasteiger partial charge in [0.05, 0.1) is 16.9 Å². The number of nitrogens with one attached hydrogen (secondary N) is 2. The third-order valence-corrected chi connectivity index (χ3v) is 3.57. The Hall–Kier alpha value is -2.42. The van der Waals surface area contributed by atoms with Gasteiger partial charge in [0.2, 0.25) is 5.91 Å². The number of benzene rings is 2. The van der Waals surface area contributed by atoms with Crippen molar-refractivity contribution < 1.29 is 27.2 Å². The summed E-state index contributed by atoms with van der Waals surface area (Å²) in [5.41, 5.74) is -1.46. The van der Waals surface area contributed by atoms with Crippen LogP contribution in [0.4, 0.5) is 28.9 Å². The molecule has 0 unspecified atom stereocenters. The highest BCUT2D eigenvalue weighted by Gasteiger charge is 2.34. The molecule has 2 aromatic rings. The fourth-order valence-electron chi connectivity index (χ4n) is 2.00. The zero-order valence-electron chi connectivity index (χ0n) is 12.7. The van der Waals surface area contributed by atoms with Crippen molar-refractivity contribution in [3.8, 4) is 0 Å². The van der Waals surface area contributed by atoms with Gasteiger partial charge >= 0.3 is 6.18 Å². The molecule has 2 amide bonds. The highest BCUT2D eigenvalue weighted by Crippen LogP contribution is 2.32. The molecule has 0 fully saturated rings. The summed E-state index contributed by atoms with van der Waals surface area (Å²) in [6.07, 6.45) is -4.92. The third-order valence-electron chi connectivity index (χ3n) is 3.07. The summed E-state index contributed by atoms with van der Waals surface area (Å²) in [7, 11) is 0. The fraction of sp³-hybridized carbons (Fsp3) is 0.125. The minimum absolute atomic E-state index is 0.174. The summed E-state index contributed by atoms with van der Waals surface area (Å²) in [5.74, 6) is -2.74. The molecular weight excluding hydrogens is 408 g/mol. The molecule has 132 valence electrons. The molecule has 0 aliphatic carbocycles. The van der Waals surface area contributed by atoms with E-state index in [1.807, 2.05) is 0 Å². The van der Waals surface area contributed by atoms with Crippen LogP contribution < -0.4 is 10.6 Å². The minimum Gasteiger partial charge on any atom is -0.325 e. The van der Waals surface area contributed by atoms with Gasteiger partial charge in [0.1, 0.15) is 5.82 Å². The van der Waals surface area contributed by atoms with Crippen molar-refractivity contribution in [2.24, 2.45) is 0 Å². The van der Waals surface area contributed by atoms with E-state index in [4.69, 9.17) is 0 Å². The lowest BCUT2D eigenvalue weighted by Crippen LogP contribution is -2.17. The Morgan fingerprint density at radius 2 is 1.68 bits per heavy atom. The molecule has 4 nitrogen and oxygen atoms in total. The van der Waals surface area contributed by atoms with Crippen LogP contribution in [0.2, 0.25) is 0 Å². The molecule has 0 aliphatic heterocycles. The summed E-state index contributed by atoms with van der Waals surface area (Å²) >= 11 is 3.19. The predicted molar refractivity (Wildman–Crippen MR) is 87.8 cm³/mol. The number of alkyl halides is 3. The van der Waals surface area contributed by atoms with Gasteiger partial charge in [0, 0.05) is 17.0 Å². The van der Waals surface area contributed by atoms with Gasteiger partial charge in [-0.05, 0) is 36.4 Å². The van der Waals surface area contributed by atoms with Crippen LogP contribution in [0, 0.1) is 5.82 Å². The molecule has 0 heterocycles. The molecule has 0 atom stereocenters. The number of halogens is 5. The molecule has 2 aromatic carbocycles. The van der Waals surface area contributed by atoms with Gasteiger partial charge in [0.25, 0.3) is 5.91 Å². The van der Waals surface area contributed by atoms with Gasteiger partial charge in [-0.1, -0.05) is 15.9 Å². The van der Waals surface area contributed by atoms with Crippen LogP contribution in [0.15, 0.2) is 40.9 Å². The lowest BCUT2D eigenvalue weighted by Gasteiger charge is -2.13. The Morgan fingerprint density at radius 3 is 2.28 bits per heavy atom. The second-order valence-corrected chi connectivity index (χ2v) is 5.93. The molecule has 9 heteroatoms. The van der Waals surface area contributed by atoms with Crippen molar-refractivity contribution in [3.63, 3.8) is 0 Å². The average molecular weight is 419 g/mol. The second kappa shape index (κ2) is 7.22. The summed E-state index contributed by atoms with van der Waals surface area (Å²) in [6, 6.07) is 6.54. The maximum atomic E-state index is 13.3. The first-order valence-electron chi connectivity index (χ1n) is 6.83. The largest absolute Gasteiger partial charge is 0.419 e. The predicted octanol–water partition coefficient (Wildman–Crippen LogP) is 4.82. The van der Waals surface area contributed by atoms with E-state index in [1.165, 1.54) is 19.1 Å². The van der Waals surface area contributed by atoms with Crippen LogP contribution in [0.25, 0.3) is 0 Å². The molecule has 2 N–H and O–H groups in total. The molecule has 0 aromatic heterocycles. The molecule has 0 radical (unpaired) electrons. The molecule has 25 heavy (non-hydrogen) atoms. The standard InChI is InChI=1S/C16H11BrF4N2O2/c1-8(24)22-13-5-3-10(17)7-14(13)23-15(25)9-2-4-12(18)11(6-9)16(19,20)21/h2-7H,1H3,(H,22,24)(H,23,25). The first-order chi connectivity index (χ1) is 11.6. The zero-order chi connectivity index (χ0) is 18.8. The van der Waals surface area contributed by atoms with Crippen LogP contribution >= 0.6 is 15.9 Å². The number of amides is 2. The highest BCUT2D eigenvalue weighted by molar-refractivity contribution is 9.10. The van der Waals surface area contributed by atoms with Crippen molar-refractivity contribution in [3.05, 3.63) is 57.8 Å². The van der Waals surface area contributed by atoms with Gasteiger partial charge in [0.15, 0.2) is 0 Å². The average Bonchev–Trinajstić information content (AvgIpc) is 2.48. The minimum atomic E-state index is -4.92. The van der Waals surface area contributed by atoms with E-state index in [9.17, 15) is 27.2 Å². The maximum absolute atomic E-state index is 13.3. The third kappa shape index (κ3) is 4.79. The van der Waals surface area contributed by atoms with E-state index < -0.39 is 23.5 Å². The summed E-state index contributed by atoms with van der Waals surface area (Å²) in [5, 5.41) is 4.89. The number of rotatable bonds is 3. The van der Waals surface area contributed by atoms with Crippen molar-refractivity contribution in [1.82, 2.24) is 0 Å². The Morgan fingerprint density at radius 1 is 1.00 bits per heavy atom. The lowest BCUT2D eigenvalue weighted by molar-refractivity contribution is -0.140. The number of carbonyl (C=O) groups excluding carboxylic acids is 2.